The Morgan fingerprint density at radius 3 is 2.89 bits per heavy atom. The summed E-state index contributed by atoms with van der Waals surface area (Å²) in [6.45, 7) is 3.17. The van der Waals surface area contributed by atoms with E-state index in [1.54, 1.807) is 4.90 Å². The minimum atomic E-state index is 0.0597. The number of nitrogens with zero attached hydrogens (tertiary/aromatic N) is 1. The molecule has 2 rings (SSSR count). The predicted octanol–water partition coefficient (Wildman–Crippen LogP) is 2.66. The van der Waals surface area contributed by atoms with E-state index in [-0.39, 0.29) is 5.91 Å². The van der Waals surface area contributed by atoms with Crippen molar-refractivity contribution in [3.05, 3.63) is 34.9 Å². The van der Waals surface area contributed by atoms with Gasteiger partial charge in [-0.15, -0.1) is 6.42 Å². The summed E-state index contributed by atoms with van der Waals surface area (Å²) in [5.74, 6) is 2.62. The number of rotatable bonds is 4. The molecule has 2 heteroatoms. The van der Waals surface area contributed by atoms with Crippen molar-refractivity contribution < 1.29 is 4.79 Å². The fourth-order valence-electron chi connectivity index (χ4n) is 2.52. The molecule has 1 aromatic carbocycles. The summed E-state index contributed by atoms with van der Waals surface area (Å²) in [5, 5.41) is 0. The van der Waals surface area contributed by atoms with E-state index in [0.29, 0.717) is 6.54 Å². The maximum atomic E-state index is 12.4. The third kappa shape index (κ3) is 2.56. The summed E-state index contributed by atoms with van der Waals surface area (Å²) in [7, 11) is 0. The van der Waals surface area contributed by atoms with Crippen molar-refractivity contribution in [3.8, 4) is 12.3 Å². The van der Waals surface area contributed by atoms with E-state index in [1.165, 1.54) is 17.5 Å². The molecule has 0 aliphatic heterocycles. The first-order chi connectivity index (χ1) is 8.76. The van der Waals surface area contributed by atoms with Crippen LogP contribution in [0.15, 0.2) is 18.2 Å². The lowest BCUT2D eigenvalue weighted by Gasteiger charge is -2.19. The lowest BCUT2D eigenvalue weighted by molar-refractivity contribution is 0.0777. The highest BCUT2D eigenvalue weighted by molar-refractivity contribution is 5.94. The summed E-state index contributed by atoms with van der Waals surface area (Å²) < 4.78 is 0. The number of hydrogen-bond acceptors (Lipinski definition) is 1. The van der Waals surface area contributed by atoms with Crippen LogP contribution in [0.5, 0.6) is 0 Å². The van der Waals surface area contributed by atoms with Crippen LogP contribution in [-0.2, 0) is 12.8 Å². The van der Waals surface area contributed by atoms with Crippen LogP contribution < -0.4 is 0 Å². The van der Waals surface area contributed by atoms with Gasteiger partial charge in [0.2, 0.25) is 0 Å². The minimum absolute atomic E-state index is 0.0597. The Bertz CT molecular complexity index is 484. The highest BCUT2D eigenvalue weighted by Gasteiger charge is 2.17. The smallest absolute Gasteiger partial charge is 0.254 e. The summed E-state index contributed by atoms with van der Waals surface area (Å²) in [4.78, 5) is 14.1. The van der Waals surface area contributed by atoms with Crippen molar-refractivity contribution in [2.24, 2.45) is 0 Å². The zero-order chi connectivity index (χ0) is 13.0. The second kappa shape index (κ2) is 5.73. The maximum absolute atomic E-state index is 12.4. The van der Waals surface area contributed by atoms with Gasteiger partial charge >= 0.3 is 0 Å². The Kier molecular flexibility index (Phi) is 4.04. The number of benzene rings is 1. The molecule has 0 N–H and O–H groups in total. The molecule has 0 saturated carbocycles. The first-order valence-corrected chi connectivity index (χ1v) is 6.60. The Morgan fingerprint density at radius 1 is 1.39 bits per heavy atom. The Labute approximate surface area is 109 Å². The third-order valence-electron chi connectivity index (χ3n) is 3.41. The van der Waals surface area contributed by atoms with Gasteiger partial charge in [0.15, 0.2) is 0 Å². The van der Waals surface area contributed by atoms with Crippen molar-refractivity contribution in [1.29, 1.82) is 0 Å². The normalized spacial score (nSPS) is 12.9. The fourth-order valence-corrected chi connectivity index (χ4v) is 2.52. The molecular formula is C16H19NO. The SMILES string of the molecule is C#CCN(CCC)C(=O)c1ccc2c(c1)CCC2. The quantitative estimate of drug-likeness (QED) is 0.742. The van der Waals surface area contributed by atoms with E-state index < -0.39 is 0 Å². The molecular weight excluding hydrogens is 222 g/mol. The largest absolute Gasteiger partial charge is 0.328 e. The molecule has 1 aromatic rings. The number of terminal acetylenes is 1. The van der Waals surface area contributed by atoms with Crippen LogP contribution in [0.1, 0.15) is 41.3 Å². The molecule has 1 aliphatic rings. The Balaban J connectivity index is 2.19. The molecule has 0 radical (unpaired) electrons. The number of carbonyl (C=O) groups is 1. The van der Waals surface area contributed by atoms with Crippen LogP contribution in [0, 0.1) is 12.3 Å². The van der Waals surface area contributed by atoms with Gasteiger partial charge in [-0.05, 0) is 48.9 Å². The molecule has 0 saturated heterocycles. The number of fused-ring (bicyclic) bond motifs is 1. The summed E-state index contributed by atoms with van der Waals surface area (Å²) >= 11 is 0. The van der Waals surface area contributed by atoms with Gasteiger partial charge in [0.25, 0.3) is 5.91 Å². The number of aryl methyl sites for hydroxylation is 2. The molecule has 0 bridgehead atoms. The van der Waals surface area contributed by atoms with Gasteiger partial charge in [-0.3, -0.25) is 4.79 Å². The average Bonchev–Trinajstić information content (AvgIpc) is 2.84. The van der Waals surface area contributed by atoms with Crippen molar-refractivity contribution in [2.45, 2.75) is 32.6 Å². The zero-order valence-corrected chi connectivity index (χ0v) is 10.9. The van der Waals surface area contributed by atoms with Gasteiger partial charge < -0.3 is 4.90 Å². The van der Waals surface area contributed by atoms with E-state index >= 15 is 0 Å². The zero-order valence-electron chi connectivity index (χ0n) is 10.9. The maximum Gasteiger partial charge on any atom is 0.254 e. The molecule has 94 valence electrons. The molecule has 0 aromatic heterocycles. The third-order valence-corrected chi connectivity index (χ3v) is 3.41. The van der Waals surface area contributed by atoms with Crippen LogP contribution in [0.3, 0.4) is 0 Å². The number of carbonyl (C=O) groups excluding carboxylic acids is 1. The molecule has 1 amide bonds. The highest BCUT2D eigenvalue weighted by Crippen LogP contribution is 2.23. The van der Waals surface area contributed by atoms with Crippen molar-refractivity contribution in [2.75, 3.05) is 13.1 Å². The first kappa shape index (κ1) is 12.7. The summed E-state index contributed by atoms with van der Waals surface area (Å²) in [6.07, 6.45) is 9.70. The second-order valence-electron chi connectivity index (χ2n) is 4.77. The number of amides is 1. The van der Waals surface area contributed by atoms with Crippen molar-refractivity contribution in [1.82, 2.24) is 4.90 Å². The first-order valence-electron chi connectivity index (χ1n) is 6.60. The predicted molar refractivity (Wildman–Crippen MR) is 73.5 cm³/mol. The van der Waals surface area contributed by atoms with Crippen LogP contribution in [0.2, 0.25) is 0 Å². The molecule has 0 fully saturated rings. The highest BCUT2D eigenvalue weighted by atomic mass is 16.2. The van der Waals surface area contributed by atoms with Crippen LogP contribution >= 0.6 is 0 Å². The molecule has 0 spiro atoms. The summed E-state index contributed by atoms with van der Waals surface area (Å²) in [5.41, 5.74) is 3.50. The van der Waals surface area contributed by atoms with Crippen molar-refractivity contribution in [3.63, 3.8) is 0 Å². The fraction of sp³-hybridized carbons (Fsp3) is 0.438. The van der Waals surface area contributed by atoms with Crippen LogP contribution in [0.4, 0.5) is 0 Å². The monoisotopic (exact) mass is 241 g/mol. The molecule has 18 heavy (non-hydrogen) atoms. The van der Waals surface area contributed by atoms with Crippen LogP contribution in [-0.4, -0.2) is 23.9 Å². The second-order valence-corrected chi connectivity index (χ2v) is 4.77. The van der Waals surface area contributed by atoms with E-state index in [0.717, 1.165) is 31.4 Å². The van der Waals surface area contributed by atoms with Gasteiger partial charge in [-0.25, -0.2) is 0 Å². The van der Waals surface area contributed by atoms with Gasteiger partial charge in [0.1, 0.15) is 0 Å². The molecule has 2 nitrogen and oxygen atoms in total. The molecule has 0 unspecified atom stereocenters. The van der Waals surface area contributed by atoms with E-state index in [1.807, 2.05) is 12.1 Å². The Morgan fingerprint density at radius 2 is 2.17 bits per heavy atom. The minimum Gasteiger partial charge on any atom is -0.328 e. The van der Waals surface area contributed by atoms with E-state index in [9.17, 15) is 4.79 Å². The van der Waals surface area contributed by atoms with Gasteiger partial charge in [0.05, 0.1) is 6.54 Å². The lowest BCUT2D eigenvalue weighted by atomic mass is 10.1. The molecule has 0 atom stereocenters. The molecule has 0 heterocycles. The summed E-state index contributed by atoms with van der Waals surface area (Å²) in [6, 6.07) is 6.07. The van der Waals surface area contributed by atoms with Gasteiger partial charge in [-0.1, -0.05) is 18.9 Å². The van der Waals surface area contributed by atoms with Crippen LogP contribution in [0.25, 0.3) is 0 Å². The number of hydrogen-bond donors (Lipinski definition) is 0. The Hall–Kier alpha value is -1.75. The van der Waals surface area contributed by atoms with Gasteiger partial charge in [0, 0.05) is 12.1 Å². The van der Waals surface area contributed by atoms with Crippen molar-refractivity contribution >= 4 is 5.91 Å². The van der Waals surface area contributed by atoms with E-state index in [4.69, 9.17) is 6.42 Å². The van der Waals surface area contributed by atoms with E-state index in [2.05, 4.69) is 18.9 Å². The molecule has 1 aliphatic carbocycles. The average molecular weight is 241 g/mol. The van der Waals surface area contributed by atoms with Gasteiger partial charge in [-0.2, -0.15) is 0 Å². The lowest BCUT2D eigenvalue weighted by Crippen LogP contribution is -2.32. The standard InChI is InChI=1S/C16H19NO/c1-3-10-17(11-4-2)16(18)15-9-8-13-6-5-7-14(13)12-15/h1,8-9,12H,4-7,10-11H2,2H3. The topological polar surface area (TPSA) is 20.3 Å².